The van der Waals surface area contributed by atoms with Gasteiger partial charge in [-0.3, -0.25) is 9.59 Å². The Kier molecular flexibility index (Phi) is 7.03. The molecule has 0 aromatic heterocycles. The van der Waals surface area contributed by atoms with Gasteiger partial charge in [0.05, 0.1) is 5.92 Å². The largest absolute Gasteiger partial charge is 0.480 e. The number of Topliss-reactive ketones (excluding diaryl/α,β-unsaturated/α-hetero) is 1. The third-order valence-electron chi connectivity index (χ3n) is 5.31. The molecule has 25 heavy (non-hydrogen) atoms. The lowest BCUT2D eigenvalue weighted by Gasteiger charge is -2.41. The Morgan fingerprint density at radius 3 is 2.56 bits per heavy atom. The zero-order valence-electron chi connectivity index (χ0n) is 15.8. The van der Waals surface area contributed by atoms with E-state index in [-0.39, 0.29) is 24.2 Å². The number of aliphatic carboxylic acids is 1. The molecule has 0 saturated heterocycles. The zero-order valence-corrected chi connectivity index (χ0v) is 15.8. The van der Waals surface area contributed by atoms with Crippen LogP contribution in [0.2, 0.25) is 0 Å². The van der Waals surface area contributed by atoms with Gasteiger partial charge in [-0.25, -0.2) is 0 Å². The molecule has 0 amide bonds. The Morgan fingerprint density at radius 2 is 1.88 bits per heavy atom. The van der Waals surface area contributed by atoms with Crippen molar-refractivity contribution < 1.29 is 14.7 Å². The molecular formula is C21H31NO3. The van der Waals surface area contributed by atoms with Gasteiger partial charge in [0.25, 0.3) is 0 Å². The second-order valence-corrected chi connectivity index (χ2v) is 7.25. The van der Waals surface area contributed by atoms with Crippen LogP contribution in [-0.4, -0.2) is 28.3 Å². The van der Waals surface area contributed by atoms with Gasteiger partial charge >= 0.3 is 5.97 Å². The Labute approximate surface area is 151 Å². The molecule has 0 saturated carbocycles. The first-order valence-electron chi connectivity index (χ1n) is 9.59. The van der Waals surface area contributed by atoms with Gasteiger partial charge in [-0.1, -0.05) is 58.1 Å². The van der Waals surface area contributed by atoms with E-state index < -0.39 is 5.97 Å². The molecule has 0 aromatic carbocycles. The summed E-state index contributed by atoms with van der Waals surface area (Å²) in [5.41, 5.74) is 2.51. The Bertz CT molecular complexity index is 600. The van der Waals surface area contributed by atoms with Gasteiger partial charge in [-0.15, -0.1) is 0 Å². The second kappa shape index (κ2) is 9.02. The van der Waals surface area contributed by atoms with Crippen LogP contribution in [0.5, 0.6) is 0 Å². The predicted octanol–water partition coefficient (Wildman–Crippen LogP) is 4.69. The quantitative estimate of drug-likeness (QED) is 0.616. The molecule has 0 spiro atoms. The summed E-state index contributed by atoms with van der Waals surface area (Å²) >= 11 is 0. The first kappa shape index (κ1) is 19.5. The average molecular weight is 345 g/mol. The number of allylic oxidation sites excluding steroid dienone is 6. The van der Waals surface area contributed by atoms with Crippen molar-refractivity contribution in [1.82, 2.24) is 4.90 Å². The van der Waals surface area contributed by atoms with E-state index in [1.165, 1.54) is 25.7 Å². The van der Waals surface area contributed by atoms with Crippen LogP contribution >= 0.6 is 0 Å². The van der Waals surface area contributed by atoms with E-state index in [9.17, 15) is 14.7 Å². The van der Waals surface area contributed by atoms with Crippen LogP contribution in [0.15, 0.2) is 35.2 Å². The third-order valence-corrected chi connectivity index (χ3v) is 5.31. The van der Waals surface area contributed by atoms with Crippen LogP contribution in [-0.2, 0) is 9.59 Å². The number of ketones is 1. The monoisotopic (exact) mass is 345 g/mol. The lowest BCUT2D eigenvalue weighted by molar-refractivity contribution is -0.138. The Morgan fingerprint density at radius 1 is 1.20 bits per heavy atom. The van der Waals surface area contributed by atoms with E-state index in [1.807, 2.05) is 37.0 Å². The molecule has 138 valence electrons. The van der Waals surface area contributed by atoms with Crippen molar-refractivity contribution in [3.05, 3.63) is 35.2 Å². The lowest BCUT2D eigenvalue weighted by Crippen LogP contribution is -2.42. The number of unbranched alkanes of at least 4 members (excludes halogenated alkanes) is 5. The molecule has 2 unspecified atom stereocenters. The van der Waals surface area contributed by atoms with E-state index in [0.717, 1.165) is 36.2 Å². The number of hydrogen-bond acceptors (Lipinski definition) is 3. The Balaban J connectivity index is 2.17. The highest BCUT2D eigenvalue weighted by atomic mass is 16.4. The van der Waals surface area contributed by atoms with Crippen LogP contribution in [0.4, 0.5) is 0 Å². The summed E-state index contributed by atoms with van der Waals surface area (Å²) in [5.74, 6) is -0.831. The van der Waals surface area contributed by atoms with Crippen molar-refractivity contribution in [3.8, 4) is 0 Å². The summed E-state index contributed by atoms with van der Waals surface area (Å²) in [5, 5.41) is 9.37. The average Bonchev–Trinajstić information content (AvgIpc) is 2.57. The fourth-order valence-corrected chi connectivity index (χ4v) is 3.90. The maximum atomic E-state index is 12.9. The minimum Gasteiger partial charge on any atom is -0.480 e. The number of carboxylic acids is 1. The highest BCUT2D eigenvalue weighted by Crippen LogP contribution is 2.39. The molecule has 4 nitrogen and oxygen atoms in total. The van der Waals surface area contributed by atoms with Crippen LogP contribution in [0.3, 0.4) is 0 Å². The highest BCUT2D eigenvalue weighted by molar-refractivity contribution is 6.01. The highest BCUT2D eigenvalue weighted by Gasteiger charge is 2.39. The number of rotatable bonds is 9. The van der Waals surface area contributed by atoms with Crippen molar-refractivity contribution in [3.63, 3.8) is 0 Å². The molecule has 0 radical (unpaired) electrons. The summed E-state index contributed by atoms with van der Waals surface area (Å²) in [4.78, 5) is 26.2. The summed E-state index contributed by atoms with van der Waals surface area (Å²) in [6, 6.07) is 0. The number of hydrogen-bond donors (Lipinski definition) is 1. The van der Waals surface area contributed by atoms with Crippen molar-refractivity contribution >= 4 is 11.8 Å². The lowest BCUT2D eigenvalue weighted by atomic mass is 9.77. The number of fused-ring (bicyclic) bond motifs is 1. The maximum absolute atomic E-state index is 12.9. The normalized spacial score (nSPS) is 22.9. The van der Waals surface area contributed by atoms with Crippen molar-refractivity contribution in [1.29, 1.82) is 0 Å². The zero-order chi connectivity index (χ0) is 18.4. The van der Waals surface area contributed by atoms with Crippen molar-refractivity contribution in [2.45, 2.75) is 65.7 Å². The van der Waals surface area contributed by atoms with Crippen molar-refractivity contribution in [2.75, 3.05) is 6.54 Å². The van der Waals surface area contributed by atoms with Gasteiger partial charge in [0.15, 0.2) is 5.78 Å². The van der Waals surface area contributed by atoms with Crippen LogP contribution in [0.1, 0.15) is 65.7 Å². The molecule has 2 aliphatic rings. The number of carbonyl (C=O) groups excluding carboxylic acids is 1. The number of nitrogens with zero attached hydrogens (tertiary/aromatic N) is 1. The smallest absolute Gasteiger partial charge is 0.323 e. The summed E-state index contributed by atoms with van der Waals surface area (Å²) < 4.78 is 0. The molecule has 1 aliphatic carbocycles. The molecule has 0 bridgehead atoms. The molecule has 0 aromatic rings. The minimum absolute atomic E-state index is 0.0708. The van der Waals surface area contributed by atoms with Gasteiger partial charge < -0.3 is 10.0 Å². The second-order valence-electron chi connectivity index (χ2n) is 7.25. The van der Waals surface area contributed by atoms with Gasteiger partial charge in [0, 0.05) is 17.0 Å². The maximum Gasteiger partial charge on any atom is 0.323 e. The van der Waals surface area contributed by atoms with Crippen molar-refractivity contribution in [2.24, 2.45) is 11.8 Å². The van der Waals surface area contributed by atoms with Gasteiger partial charge in [-0.2, -0.15) is 0 Å². The fourth-order valence-electron chi connectivity index (χ4n) is 3.90. The summed E-state index contributed by atoms with van der Waals surface area (Å²) in [6.45, 7) is 6.02. The number of carboxylic acid groups (broad SMARTS) is 1. The van der Waals surface area contributed by atoms with E-state index in [4.69, 9.17) is 0 Å². The SMILES string of the molecule is CCCCCCCCC1=C(C)C(=O)C2C(=CC=CC2C)N1CC(=O)O. The van der Waals surface area contributed by atoms with Gasteiger partial charge in [-0.05, 0) is 31.8 Å². The van der Waals surface area contributed by atoms with Gasteiger partial charge in [0.2, 0.25) is 0 Å². The molecule has 1 N–H and O–H groups in total. The minimum atomic E-state index is -0.857. The fraction of sp³-hybridized carbons (Fsp3) is 0.619. The molecule has 2 rings (SSSR count). The molecule has 0 fully saturated rings. The summed E-state index contributed by atoms with van der Waals surface area (Å²) in [6.07, 6.45) is 13.8. The number of carbonyl (C=O) groups is 2. The van der Waals surface area contributed by atoms with E-state index in [0.29, 0.717) is 0 Å². The van der Waals surface area contributed by atoms with Crippen LogP contribution in [0.25, 0.3) is 0 Å². The molecule has 1 aliphatic heterocycles. The predicted molar refractivity (Wildman–Crippen MR) is 99.9 cm³/mol. The first-order chi connectivity index (χ1) is 12.0. The standard InChI is InChI=1S/C21H31NO3/c1-4-5-6-7-8-9-12-17-16(3)21(25)20-15(2)11-10-13-18(20)22(17)14-19(23)24/h10-11,13,15,20H,4-9,12,14H2,1-3H3,(H,23,24). The van der Waals surface area contributed by atoms with E-state index >= 15 is 0 Å². The molecular weight excluding hydrogens is 314 g/mol. The molecule has 2 atom stereocenters. The molecule has 1 heterocycles. The summed E-state index contributed by atoms with van der Waals surface area (Å²) in [7, 11) is 0. The third kappa shape index (κ3) is 4.62. The van der Waals surface area contributed by atoms with Crippen LogP contribution < -0.4 is 0 Å². The Hall–Kier alpha value is -1.84. The molecule has 4 heteroatoms. The van der Waals surface area contributed by atoms with E-state index in [2.05, 4.69) is 6.92 Å². The topological polar surface area (TPSA) is 57.6 Å². The van der Waals surface area contributed by atoms with E-state index in [1.54, 1.807) is 0 Å². The van der Waals surface area contributed by atoms with Crippen LogP contribution in [0, 0.1) is 11.8 Å². The first-order valence-corrected chi connectivity index (χ1v) is 9.59. The van der Waals surface area contributed by atoms with Gasteiger partial charge in [0.1, 0.15) is 6.54 Å².